The van der Waals surface area contributed by atoms with Gasteiger partial charge in [-0.2, -0.15) is 5.10 Å². The Bertz CT molecular complexity index is 1070. The smallest absolute Gasteiger partial charge is 0.323 e. The van der Waals surface area contributed by atoms with Crippen molar-refractivity contribution in [1.29, 1.82) is 0 Å². The summed E-state index contributed by atoms with van der Waals surface area (Å²) in [4.78, 5) is 18.6. The van der Waals surface area contributed by atoms with Crippen LogP contribution >= 0.6 is 0 Å². The fourth-order valence-corrected chi connectivity index (χ4v) is 3.54. The van der Waals surface area contributed by atoms with Gasteiger partial charge in [-0.05, 0) is 61.2 Å². The van der Waals surface area contributed by atoms with E-state index < -0.39 is 0 Å². The van der Waals surface area contributed by atoms with E-state index in [0.29, 0.717) is 24.7 Å². The Labute approximate surface area is 181 Å². The van der Waals surface area contributed by atoms with Crippen LogP contribution in [0, 0.1) is 12.8 Å². The van der Waals surface area contributed by atoms with Crippen LogP contribution in [0.4, 0.5) is 10.6 Å². The number of hydrogen-bond donors (Lipinski definition) is 1. The van der Waals surface area contributed by atoms with E-state index in [1.807, 2.05) is 42.2 Å². The molecule has 31 heavy (non-hydrogen) atoms. The van der Waals surface area contributed by atoms with E-state index in [9.17, 15) is 4.79 Å². The van der Waals surface area contributed by atoms with Gasteiger partial charge in [0.15, 0.2) is 5.82 Å². The maximum Gasteiger partial charge on any atom is 0.323 e. The quantitative estimate of drug-likeness (QED) is 0.653. The van der Waals surface area contributed by atoms with Crippen LogP contribution in [0.2, 0.25) is 0 Å². The number of benzene rings is 1. The molecule has 1 aliphatic heterocycles. The minimum Gasteiger partial charge on any atom is -0.456 e. The second kappa shape index (κ2) is 9.38. The number of hydrogen-bond acceptors (Lipinski definition) is 5. The lowest BCUT2D eigenvalue weighted by Crippen LogP contribution is -2.42. The van der Waals surface area contributed by atoms with E-state index in [-0.39, 0.29) is 11.9 Å². The highest BCUT2D eigenvalue weighted by molar-refractivity contribution is 5.88. The number of pyridine rings is 1. The number of rotatable bonds is 4. The topological polar surface area (TPSA) is 80.2 Å². The first kappa shape index (κ1) is 20.5. The Hall–Kier alpha value is -3.74. The van der Waals surface area contributed by atoms with Crippen LogP contribution in [0.15, 0.2) is 66.5 Å². The van der Waals surface area contributed by atoms with Crippen molar-refractivity contribution < 1.29 is 9.53 Å². The summed E-state index contributed by atoms with van der Waals surface area (Å²) in [5.41, 5.74) is 3.35. The summed E-state index contributed by atoms with van der Waals surface area (Å²) < 4.78 is 5.93. The van der Waals surface area contributed by atoms with Crippen molar-refractivity contribution in [3.8, 4) is 11.5 Å². The van der Waals surface area contributed by atoms with Crippen LogP contribution in [0.5, 0.6) is 11.5 Å². The average Bonchev–Trinajstić information content (AvgIpc) is 2.78. The van der Waals surface area contributed by atoms with Crippen molar-refractivity contribution in [3.63, 3.8) is 0 Å². The minimum absolute atomic E-state index is 0.145. The number of piperidine rings is 1. The van der Waals surface area contributed by atoms with Gasteiger partial charge in [0.05, 0.1) is 6.20 Å². The molecule has 0 aliphatic carbocycles. The molecule has 1 aromatic carbocycles. The highest BCUT2D eigenvalue weighted by atomic mass is 16.5. The summed E-state index contributed by atoms with van der Waals surface area (Å²) in [5.74, 6) is 2.20. The molecular formula is C24H25N5O2. The van der Waals surface area contributed by atoms with Crippen LogP contribution < -0.4 is 10.1 Å². The summed E-state index contributed by atoms with van der Waals surface area (Å²) >= 11 is 0. The van der Waals surface area contributed by atoms with Crippen LogP contribution in [-0.2, 0) is 0 Å². The van der Waals surface area contributed by atoms with E-state index in [2.05, 4.69) is 39.6 Å². The van der Waals surface area contributed by atoms with Crippen LogP contribution in [0.3, 0.4) is 0 Å². The van der Waals surface area contributed by atoms with Gasteiger partial charge in [-0.15, -0.1) is 5.10 Å². The van der Waals surface area contributed by atoms with Gasteiger partial charge >= 0.3 is 6.03 Å². The Morgan fingerprint density at radius 1 is 1.19 bits per heavy atom. The molecule has 1 aliphatic rings. The first-order valence-electron chi connectivity index (χ1n) is 10.3. The van der Waals surface area contributed by atoms with E-state index in [1.54, 1.807) is 24.5 Å². The molecule has 1 unspecified atom stereocenters. The maximum atomic E-state index is 12.5. The molecule has 158 valence electrons. The number of ether oxygens (including phenoxy) is 1. The number of anilines is 1. The van der Waals surface area contributed by atoms with Crippen molar-refractivity contribution in [1.82, 2.24) is 20.1 Å². The predicted molar refractivity (Wildman–Crippen MR) is 120 cm³/mol. The maximum absolute atomic E-state index is 12.5. The molecule has 1 fully saturated rings. The number of aromatic nitrogens is 3. The number of amides is 2. The number of carbonyl (C=O) groups excluding carboxylic acids is 1. The molecule has 7 heteroatoms. The van der Waals surface area contributed by atoms with E-state index in [0.717, 1.165) is 23.4 Å². The third-order valence-corrected chi connectivity index (χ3v) is 5.22. The zero-order valence-corrected chi connectivity index (χ0v) is 17.7. The summed E-state index contributed by atoms with van der Waals surface area (Å²) in [6, 6.07) is 15.2. The lowest BCUT2D eigenvalue weighted by molar-refractivity contribution is 0.197. The summed E-state index contributed by atoms with van der Waals surface area (Å²) in [6.45, 7) is 5.41. The van der Waals surface area contributed by atoms with Crippen molar-refractivity contribution in [3.05, 3.63) is 77.8 Å². The highest BCUT2D eigenvalue weighted by Gasteiger charge is 2.24. The molecule has 3 heterocycles. The molecule has 0 spiro atoms. The second-order valence-electron chi connectivity index (χ2n) is 7.67. The van der Waals surface area contributed by atoms with Crippen molar-refractivity contribution in [2.75, 3.05) is 18.4 Å². The van der Waals surface area contributed by atoms with Gasteiger partial charge in [-0.25, -0.2) is 4.79 Å². The molecule has 2 aromatic heterocycles. The number of likely N-dealkylation sites (tertiary alicyclic amines) is 1. The molecule has 1 atom stereocenters. The van der Waals surface area contributed by atoms with Crippen molar-refractivity contribution in [2.24, 2.45) is 5.92 Å². The summed E-state index contributed by atoms with van der Waals surface area (Å²) in [6.07, 6.45) is 6.32. The van der Waals surface area contributed by atoms with Crippen molar-refractivity contribution >= 4 is 17.9 Å². The molecule has 7 nitrogen and oxygen atoms in total. The molecule has 0 radical (unpaired) electrons. The molecule has 1 N–H and O–H groups in total. The Morgan fingerprint density at radius 3 is 2.84 bits per heavy atom. The van der Waals surface area contributed by atoms with E-state index in [4.69, 9.17) is 4.74 Å². The third kappa shape index (κ3) is 5.45. The molecule has 2 amide bonds. The molecule has 1 saturated heterocycles. The van der Waals surface area contributed by atoms with Crippen LogP contribution in [-0.4, -0.2) is 39.2 Å². The third-order valence-electron chi connectivity index (χ3n) is 5.22. The fourth-order valence-electron chi connectivity index (χ4n) is 3.54. The molecule has 0 saturated carbocycles. The van der Waals surface area contributed by atoms with Gasteiger partial charge < -0.3 is 9.64 Å². The molecule has 0 bridgehead atoms. The standard InChI is InChI=1S/C24H25N5O2/c1-17-16-29(24(30)27-23-7-4-11-26-28-23)12-10-20(17)13-19-5-3-6-21(14-19)31-22-9-8-18(2)25-15-22/h3-9,11,13-15,17H,10,12,16H2,1-2H3,(H,27,28,30). The Kier molecular flexibility index (Phi) is 6.21. The predicted octanol–water partition coefficient (Wildman–Crippen LogP) is 4.93. The number of urea groups is 1. The molecule has 4 rings (SSSR count). The average molecular weight is 415 g/mol. The lowest BCUT2D eigenvalue weighted by Gasteiger charge is -2.33. The zero-order chi connectivity index (χ0) is 21.6. The molecule has 3 aromatic rings. The minimum atomic E-state index is -0.145. The number of nitrogens with one attached hydrogen (secondary N) is 1. The first-order chi connectivity index (χ1) is 15.1. The Balaban J connectivity index is 1.39. The van der Waals surface area contributed by atoms with Crippen molar-refractivity contribution in [2.45, 2.75) is 20.3 Å². The lowest BCUT2D eigenvalue weighted by atomic mass is 9.91. The SMILES string of the molecule is Cc1ccc(Oc2cccc(C=C3CCN(C(=O)Nc4cccnn4)CC3C)c2)cn1. The van der Waals surface area contributed by atoms with Gasteiger partial charge in [0.1, 0.15) is 11.5 Å². The fraction of sp³-hybridized carbons (Fsp3) is 0.250. The van der Waals surface area contributed by atoms with Gasteiger partial charge in [-0.1, -0.05) is 30.7 Å². The van der Waals surface area contributed by atoms with Gasteiger partial charge in [0.25, 0.3) is 0 Å². The summed E-state index contributed by atoms with van der Waals surface area (Å²) in [7, 11) is 0. The van der Waals surface area contributed by atoms with Crippen LogP contribution in [0.1, 0.15) is 24.6 Å². The zero-order valence-electron chi connectivity index (χ0n) is 17.7. The van der Waals surface area contributed by atoms with Gasteiger partial charge in [0.2, 0.25) is 0 Å². The van der Waals surface area contributed by atoms with Crippen LogP contribution in [0.25, 0.3) is 6.08 Å². The van der Waals surface area contributed by atoms with Gasteiger partial charge in [0, 0.05) is 25.0 Å². The first-order valence-corrected chi connectivity index (χ1v) is 10.3. The monoisotopic (exact) mass is 415 g/mol. The highest BCUT2D eigenvalue weighted by Crippen LogP contribution is 2.27. The van der Waals surface area contributed by atoms with Gasteiger partial charge in [-0.3, -0.25) is 10.3 Å². The number of aryl methyl sites for hydroxylation is 1. The van der Waals surface area contributed by atoms with E-state index >= 15 is 0 Å². The summed E-state index contributed by atoms with van der Waals surface area (Å²) in [5, 5.41) is 10.5. The number of carbonyl (C=O) groups is 1. The molecular weight excluding hydrogens is 390 g/mol. The second-order valence-corrected chi connectivity index (χ2v) is 7.67. The van der Waals surface area contributed by atoms with E-state index in [1.165, 1.54) is 5.57 Å². The number of nitrogens with zero attached hydrogens (tertiary/aromatic N) is 4. The normalized spacial score (nSPS) is 17.4. The largest absolute Gasteiger partial charge is 0.456 e. The Morgan fingerprint density at radius 2 is 2.10 bits per heavy atom.